The molecular formula is C7H5F3O2. The third-order valence-electron chi connectivity index (χ3n) is 1.18. The number of carbonyl (C=O) groups is 1. The molecule has 0 radical (unpaired) electrons. The molecule has 1 rings (SSSR count). The fourth-order valence-corrected chi connectivity index (χ4v) is 0.669. The number of hydrogen-bond acceptors (Lipinski definition) is 1. The van der Waals surface area contributed by atoms with Crippen LogP contribution in [0.1, 0.15) is 10.4 Å². The first-order chi connectivity index (χ1) is 5.13. The van der Waals surface area contributed by atoms with Crippen molar-refractivity contribution in [1.29, 1.82) is 0 Å². The summed E-state index contributed by atoms with van der Waals surface area (Å²) in [6.07, 6.45) is 0. The predicted molar refractivity (Wildman–Crippen MR) is 35.8 cm³/mol. The molecule has 1 N–H and O–H groups in total. The van der Waals surface area contributed by atoms with Gasteiger partial charge >= 0.3 is 5.97 Å². The van der Waals surface area contributed by atoms with Crippen molar-refractivity contribution in [3.8, 4) is 0 Å². The second kappa shape index (κ2) is 3.75. The third-order valence-corrected chi connectivity index (χ3v) is 1.18. The van der Waals surface area contributed by atoms with E-state index in [-0.39, 0.29) is 4.70 Å². The Morgan fingerprint density at radius 2 is 1.92 bits per heavy atom. The van der Waals surface area contributed by atoms with Gasteiger partial charge in [-0.3, -0.25) is 4.70 Å². The van der Waals surface area contributed by atoms with Crippen LogP contribution in [0, 0.1) is 11.6 Å². The molecule has 0 aromatic heterocycles. The van der Waals surface area contributed by atoms with Gasteiger partial charge in [-0.1, -0.05) is 6.07 Å². The summed E-state index contributed by atoms with van der Waals surface area (Å²) < 4.78 is 24.8. The van der Waals surface area contributed by atoms with E-state index in [4.69, 9.17) is 5.11 Å². The number of aromatic carboxylic acids is 1. The number of carboxylic acid groups (broad SMARTS) is 1. The van der Waals surface area contributed by atoms with Crippen molar-refractivity contribution >= 4 is 5.97 Å². The molecule has 0 atom stereocenters. The molecule has 0 heterocycles. The minimum atomic E-state index is -1.47. The van der Waals surface area contributed by atoms with E-state index in [9.17, 15) is 13.6 Å². The van der Waals surface area contributed by atoms with Crippen LogP contribution in [0.15, 0.2) is 18.2 Å². The molecule has 12 heavy (non-hydrogen) atoms. The van der Waals surface area contributed by atoms with Crippen LogP contribution < -0.4 is 0 Å². The van der Waals surface area contributed by atoms with Crippen molar-refractivity contribution in [2.24, 2.45) is 0 Å². The summed E-state index contributed by atoms with van der Waals surface area (Å²) in [6, 6.07) is 3.00. The standard InChI is InChI=1S/C7H4F2O2.FH/c8-5-3-1-2-4(6(5)9)7(10)11;/h1-3H,(H,10,11);1H. The number of benzene rings is 1. The van der Waals surface area contributed by atoms with Gasteiger partial charge in [0.15, 0.2) is 11.6 Å². The Kier molecular flexibility index (Phi) is 3.28. The highest BCUT2D eigenvalue weighted by Crippen LogP contribution is 2.10. The molecule has 2 nitrogen and oxygen atoms in total. The largest absolute Gasteiger partial charge is 0.478 e. The Morgan fingerprint density at radius 1 is 1.33 bits per heavy atom. The van der Waals surface area contributed by atoms with Crippen molar-refractivity contribution in [1.82, 2.24) is 0 Å². The lowest BCUT2D eigenvalue weighted by Gasteiger charge is -1.95. The maximum atomic E-state index is 12.5. The van der Waals surface area contributed by atoms with Crippen LogP contribution in [-0.4, -0.2) is 11.1 Å². The maximum absolute atomic E-state index is 12.5. The summed E-state index contributed by atoms with van der Waals surface area (Å²) in [5, 5.41) is 8.28. The quantitative estimate of drug-likeness (QED) is 0.712. The van der Waals surface area contributed by atoms with E-state index in [1.54, 1.807) is 0 Å². The molecule has 0 aliphatic carbocycles. The Hall–Kier alpha value is -1.52. The Balaban J connectivity index is 0.00000121. The summed E-state index contributed by atoms with van der Waals surface area (Å²) in [5.74, 6) is -3.94. The third kappa shape index (κ3) is 1.75. The van der Waals surface area contributed by atoms with Gasteiger partial charge in [-0.05, 0) is 12.1 Å². The van der Waals surface area contributed by atoms with E-state index in [1.165, 1.54) is 0 Å². The fraction of sp³-hybridized carbons (Fsp3) is 0. The molecule has 0 unspecified atom stereocenters. The maximum Gasteiger partial charge on any atom is 0.338 e. The van der Waals surface area contributed by atoms with Crippen molar-refractivity contribution in [3.63, 3.8) is 0 Å². The molecule has 66 valence electrons. The summed E-state index contributed by atoms with van der Waals surface area (Å²) in [5.41, 5.74) is -0.648. The van der Waals surface area contributed by atoms with Gasteiger partial charge in [0.2, 0.25) is 0 Å². The van der Waals surface area contributed by atoms with Crippen LogP contribution in [0.4, 0.5) is 13.5 Å². The zero-order chi connectivity index (χ0) is 8.43. The zero-order valence-corrected chi connectivity index (χ0v) is 5.75. The normalized spacial score (nSPS) is 8.83. The first-order valence-corrected chi connectivity index (χ1v) is 2.80. The summed E-state index contributed by atoms with van der Waals surface area (Å²) in [6.45, 7) is 0. The molecule has 0 amide bonds. The molecule has 0 fully saturated rings. The smallest absolute Gasteiger partial charge is 0.338 e. The van der Waals surface area contributed by atoms with E-state index in [1.807, 2.05) is 0 Å². The van der Waals surface area contributed by atoms with E-state index in [0.717, 1.165) is 18.2 Å². The van der Waals surface area contributed by atoms with Gasteiger partial charge in [-0.25, -0.2) is 13.6 Å². The molecule has 0 aliphatic rings. The SMILES string of the molecule is F.O=C(O)c1cccc(F)c1F. The molecule has 0 spiro atoms. The highest BCUT2D eigenvalue weighted by atomic mass is 19.2. The Bertz CT molecular complexity index is 299. The number of rotatable bonds is 1. The van der Waals surface area contributed by atoms with Crippen LogP contribution in [-0.2, 0) is 0 Å². The lowest BCUT2D eigenvalue weighted by molar-refractivity contribution is 0.0690. The van der Waals surface area contributed by atoms with Crippen LogP contribution in [0.25, 0.3) is 0 Å². The lowest BCUT2D eigenvalue weighted by Crippen LogP contribution is -2.01. The fourth-order valence-electron chi connectivity index (χ4n) is 0.669. The minimum absolute atomic E-state index is 0. The highest BCUT2D eigenvalue weighted by Gasteiger charge is 2.12. The molecule has 1 aromatic carbocycles. The minimum Gasteiger partial charge on any atom is -0.478 e. The van der Waals surface area contributed by atoms with Gasteiger partial charge in [0, 0.05) is 0 Å². The van der Waals surface area contributed by atoms with E-state index in [0.29, 0.717) is 0 Å². The average Bonchev–Trinajstić information content (AvgIpc) is 1.94. The van der Waals surface area contributed by atoms with Crippen molar-refractivity contribution in [3.05, 3.63) is 35.4 Å². The zero-order valence-electron chi connectivity index (χ0n) is 5.75. The Morgan fingerprint density at radius 3 is 2.33 bits per heavy atom. The van der Waals surface area contributed by atoms with Gasteiger partial charge in [0.25, 0.3) is 0 Å². The summed E-state index contributed by atoms with van der Waals surface area (Å²) in [7, 11) is 0. The van der Waals surface area contributed by atoms with E-state index < -0.39 is 23.2 Å². The van der Waals surface area contributed by atoms with Crippen LogP contribution >= 0.6 is 0 Å². The first kappa shape index (κ1) is 10.5. The second-order valence-electron chi connectivity index (χ2n) is 1.91. The number of carboxylic acids is 1. The van der Waals surface area contributed by atoms with Gasteiger partial charge < -0.3 is 5.11 Å². The van der Waals surface area contributed by atoms with Crippen LogP contribution in [0.3, 0.4) is 0 Å². The van der Waals surface area contributed by atoms with Gasteiger partial charge in [-0.2, -0.15) is 0 Å². The van der Waals surface area contributed by atoms with Crippen LogP contribution in [0.2, 0.25) is 0 Å². The second-order valence-corrected chi connectivity index (χ2v) is 1.91. The average molecular weight is 178 g/mol. The molecule has 0 aliphatic heterocycles. The van der Waals surface area contributed by atoms with Crippen molar-refractivity contribution < 1.29 is 23.4 Å². The lowest BCUT2D eigenvalue weighted by atomic mass is 10.2. The van der Waals surface area contributed by atoms with E-state index >= 15 is 0 Å². The predicted octanol–water partition coefficient (Wildman–Crippen LogP) is 1.82. The van der Waals surface area contributed by atoms with Gasteiger partial charge in [-0.15, -0.1) is 0 Å². The molecule has 0 saturated heterocycles. The molecule has 5 heteroatoms. The van der Waals surface area contributed by atoms with Crippen LogP contribution in [0.5, 0.6) is 0 Å². The van der Waals surface area contributed by atoms with Crippen molar-refractivity contribution in [2.75, 3.05) is 0 Å². The van der Waals surface area contributed by atoms with Crippen molar-refractivity contribution in [2.45, 2.75) is 0 Å². The Labute approximate surface area is 65.8 Å². The summed E-state index contributed by atoms with van der Waals surface area (Å²) >= 11 is 0. The number of halogens is 3. The first-order valence-electron chi connectivity index (χ1n) is 2.80. The van der Waals surface area contributed by atoms with Gasteiger partial charge in [0.1, 0.15) is 0 Å². The number of hydrogen-bond donors (Lipinski definition) is 1. The van der Waals surface area contributed by atoms with Gasteiger partial charge in [0.05, 0.1) is 5.56 Å². The highest BCUT2D eigenvalue weighted by molar-refractivity contribution is 5.87. The van der Waals surface area contributed by atoms with E-state index in [2.05, 4.69) is 0 Å². The monoisotopic (exact) mass is 178 g/mol. The molecule has 0 saturated carbocycles. The topological polar surface area (TPSA) is 37.3 Å². The molecule has 0 bridgehead atoms. The molecule has 1 aromatic rings. The molecular weight excluding hydrogens is 173 g/mol. The summed E-state index contributed by atoms with van der Waals surface area (Å²) in [4.78, 5) is 10.2.